The minimum Gasteiger partial charge on any atom is -0.481 e. The zero-order valence-electron chi connectivity index (χ0n) is 14.6. The van der Waals surface area contributed by atoms with Crippen LogP contribution in [0.4, 0.5) is 0 Å². The molecular formula is C20H26N2O3. The normalized spacial score (nSPS) is 26.7. The van der Waals surface area contributed by atoms with E-state index in [0.717, 1.165) is 12.0 Å². The van der Waals surface area contributed by atoms with Crippen LogP contribution in [0.15, 0.2) is 43.0 Å². The van der Waals surface area contributed by atoms with Crippen LogP contribution in [0.2, 0.25) is 0 Å². The van der Waals surface area contributed by atoms with E-state index >= 15 is 0 Å². The molecule has 2 saturated heterocycles. The van der Waals surface area contributed by atoms with Crippen molar-refractivity contribution in [2.45, 2.75) is 19.3 Å². The molecule has 5 heteroatoms. The Morgan fingerprint density at radius 3 is 2.72 bits per heavy atom. The van der Waals surface area contributed by atoms with Crippen molar-refractivity contribution in [1.82, 2.24) is 9.80 Å². The van der Waals surface area contributed by atoms with Crippen molar-refractivity contribution in [3.63, 3.8) is 0 Å². The van der Waals surface area contributed by atoms with Gasteiger partial charge in [0.2, 0.25) is 5.91 Å². The average molecular weight is 342 g/mol. The Labute approximate surface area is 148 Å². The molecular weight excluding hydrogens is 316 g/mol. The van der Waals surface area contributed by atoms with E-state index in [1.54, 1.807) is 0 Å². The maximum absolute atomic E-state index is 12.7. The molecule has 134 valence electrons. The van der Waals surface area contributed by atoms with E-state index in [9.17, 15) is 14.7 Å². The second-order valence-corrected chi connectivity index (χ2v) is 7.25. The summed E-state index contributed by atoms with van der Waals surface area (Å²) in [6.45, 7) is 6.92. The van der Waals surface area contributed by atoms with Crippen LogP contribution in [0.25, 0.3) is 0 Å². The van der Waals surface area contributed by atoms with Crippen molar-refractivity contribution in [2.24, 2.45) is 11.3 Å². The molecule has 5 nitrogen and oxygen atoms in total. The summed E-state index contributed by atoms with van der Waals surface area (Å²) in [5.41, 5.74) is 0.270. The van der Waals surface area contributed by atoms with Crippen LogP contribution < -0.4 is 0 Å². The third-order valence-corrected chi connectivity index (χ3v) is 5.62. The van der Waals surface area contributed by atoms with Crippen LogP contribution in [0.1, 0.15) is 18.4 Å². The van der Waals surface area contributed by atoms with Crippen molar-refractivity contribution < 1.29 is 14.7 Å². The Balaban J connectivity index is 1.74. The minimum atomic E-state index is -0.731. The first-order chi connectivity index (χ1) is 12.0. The fraction of sp³-hybridized carbons (Fsp3) is 0.500. The number of amides is 1. The summed E-state index contributed by atoms with van der Waals surface area (Å²) >= 11 is 0. The Morgan fingerprint density at radius 1 is 1.28 bits per heavy atom. The number of hydrogen-bond donors (Lipinski definition) is 1. The highest BCUT2D eigenvalue weighted by molar-refractivity contribution is 5.80. The number of carboxylic acid groups (broad SMARTS) is 1. The SMILES string of the molecule is C=CCN1C[C@H]2CN(C(=O)Cc3ccccc3)CCC[C@@]2(C(=O)O)C1. The summed E-state index contributed by atoms with van der Waals surface area (Å²) in [7, 11) is 0. The van der Waals surface area contributed by atoms with E-state index < -0.39 is 11.4 Å². The monoisotopic (exact) mass is 342 g/mol. The average Bonchev–Trinajstić information content (AvgIpc) is 2.83. The predicted molar refractivity (Wildman–Crippen MR) is 96.2 cm³/mol. The van der Waals surface area contributed by atoms with Gasteiger partial charge in [-0.25, -0.2) is 0 Å². The molecule has 2 aliphatic rings. The van der Waals surface area contributed by atoms with Crippen molar-refractivity contribution in [3.05, 3.63) is 48.6 Å². The molecule has 2 fully saturated rings. The lowest BCUT2D eigenvalue weighted by atomic mass is 9.75. The van der Waals surface area contributed by atoms with Crippen LogP contribution in [0, 0.1) is 11.3 Å². The third-order valence-electron chi connectivity index (χ3n) is 5.62. The molecule has 1 aromatic rings. The van der Waals surface area contributed by atoms with Crippen LogP contribution in [0.5, 0.6) is 0 Å². The topological polar surface area (TPSA) is 60.9 Å². The largest absolute Gasteiger partial charge is 0.481 e. The van der Waals surface area contributed by atoms with Gasteiger partial charge in [-0.05, 0) is 18.4 Å². The van der Waals surface area contributed by atoms with E-state index in [2.05, 4.69) is 11.5 Å². The van der Waals surface area contributed by atoms with Crippen molar-refractivity contribution in [1.29, 1.82) is 0 Å². The molecule has 1 amide bonds. The molecule has 2 heterocycles. The number of rotatable bonds is 5. The molecule has 0 unspecified atom stereocenters. The highest BCUT2D eigenvalue weighted by atomic mass is 16.4. The van der Waals surface area contributed by atoms with Crippen LogP contribution >= 0.6 is 0 Å². The minimum absolute atomic E-state index is 0.0211. The maximum Gasteiger partial charge on any atom is 0.311 e. The molecule has 0 aliphatic carbocycles. The first-order valence-electron chi connectivity index (χ1n) is 8.93. The van der Waals surface area contributed by atoms with E-state index in [-0.39, 0.29) is 11.8 Å². The second-order valence-electron chi connectivity index (χ2n) is 7.25. The smallest absolute Gasteiger partial charge is 0.311 e. The molecule has 1 N–H and O–H groups in total. The predicted octanol–water partition coefficient (Wildman–Crippen LogP) is 2.04. The maximum atomic E-state index is 12.7. The number of aliphatic carboxylic acids is 1. The van der Waals surface area contributed by atoms with Gasteiger partial charge in [0, 0.05) is 38.6 Å². The van der Waals surface area contributed by atoms with Gasteiger partial charge >= 0.3 is 5.97 Å². The van der Waals surface area contributed by atoms with E-state index in [1.165, 1.54) is 0 Å². The zero-order chi connectivity index (χ0) is 17.9. The second kappa shape index (κ2) is 7.40. The van der Waals surface area contributed by atoms with Gasteiger partial charge in [0.05, 0.1) is 11.8 Å². The lowest BCUT2D eigenvalue weighted by Gasteiger charge is -2.29. The van der Waals surface area contributed by atoms with Gasteiger partial charge in [-0.3, -0.25) is 14.5 Å². The first-order valence-corrected chi connectivity index (χ1v) is 8.93. The van der Waals surface area contributed by atoms with Gasteiger partial charge in [-0.1, -0.05) is 36.4 Å². The fourth-order valence-corrected chi connectivity index (χ4v) is 4.32. The number of likely N-dealkylation sites (tertiary alicyclic amines) is 2. The molecule has 0 bridgehead atoms. The van der Waals surface area contributed by atoms with Crippen LogP contribution in [0.3, 0.4) is 0 Å². The standard InChI is InChI=1S/C20H26N2O3/c1-2-10-21-13-17-14-22(11-6-9-20(17,15-21)19(24)25)18(23)12-16-7-4-3-5-8-16/h2-5,7-8,17H,1,6,9-15H2,(H,24,25)/t17-,20+/m0/s1. The van der Waals surface area contributed by atoms with E-state index in [4.69, 9.17) is 0 Å². The molecule has 0 spiro atoms. The Morgan fingerprint density at radius 2 is 2.04 bits per heavy atom. The third kappa shape index (κ3) is 3.61. The van der Waals surface area contributed by atoms with Gasteiger partial charge in [-0.15, -0.1) is 6.58 Å². The fourth-order valence-electron chi connectivity index (χ4n) is 4.32. The Hall–Kier alpha value is -2.14. The van der Waals surface area contributed by atoms with Gasteiger partial charge in [-0.2, -0.15) is 0 Å². The number of benzene rings is 1. The summed E-state index contributed by atoms with van der Waals surface area (Å²) in [4.78, 5) is 28.8. The van der Waals surface area contributed by atoms with Gasteiger partial charge in [0.15, 0.2) is 0 Å². The highest BCUT2D eigenvalue weighted by Crippen LogP contribution is 2.42. The molecule has 0 saturated carbocycles. The number of nitrogens with zero attached hydrogens (tertiary/aromatic N) is 2. The van der Waals surface area contributed by atoms with Gasteiger partial charge in [0.1, 0.15) is 0 Å². The van der Waals surface area contributed by atoms with E-state index in [0.29, 0.717) is 45.6 Å². The van der Waals surface area contributed by atoms with Crippen LogP contribution in [-0.4, -0.2) is 59.5 Å². The summed E-state index contributed by atoms with van der Waals surface area (Å²) in [6, 6.07) is 9.72. The molecule has 2 atom stereocenters. The highest BCUT2D eigenvalue weighted by Gasteiger charge is 2.53. The summed E-state index contributed by atoms with van der Waals surface area (Å²) in [5, 5.41) is 9.91. The van der Waals surface area contributed by atoms with Gasteiger partial charge < -0.3 is 10.0 Å². The molecule has 1 aromatic carbocycles. The zero-order valence-corrected chi connectivity index (χ0v) is 14.6. The summed E-state index contributed by atoms with van der Waals surface area (Å²) in [5.74, 6) is -0.650. The summed E-state index contributed by atoms with van der Waals surface area (Å²) < 4.78 is 0. The first kappa shape index (κ1) is 17.7. The number of carboxylic acids is 1. The Kier molecular flexibility index (Phi) is 5.23. The molecule has 2 aliphatic heterocycles. The van der Waals surface area contributed by atoms with Crippen LogP contribution in [-0.2, 0) is 16.0 Å². The van der Waals surface area contributed by atoms with Crippen molar-refractivity contribution >= 4 is 11.9 Å². The molecule has 0 aromatic heterocycles. The van der Waals surface area contributed by atoms with Crippen molar-refractivity contribution in [2.75, 3.05) is 32.7 Å². The quantitative estimate of drug-likeness (QED) is 0.832. The lowest BCUT2D eigenvalue weighted by molar-refractivity contribution is -0.151. The molecule has 25 heavy (non-hydrogen) atoms. The number of fused-ring (bicyclic) bond motifs is 1. The number of carbonyl (C=O) groups excluding carboxylic acids is 1. The molecule has 3 rings (SSSR count). The number of hydrogen-bond acceptors (Lipinski definition) is 3. The van der Waals surface area contributed by atoms with Crippen molar-refractivity contribution in [3.8, 4) is 0 Å². The van der Waals surface area contributed by atoms with Gasteiger partial charge in [0.25, 0.3) is 0 Å². The Bertz CT molecular complexity index is 646. The number of carbonyl (C=O) groups is 2. The lowest BCUT2D eigenvalue weighted by Crippen LogP contribution is -2.43. The molecule has 0 radical (unpaired) electrons. The summed E-state index contributed by atoms with van der Waals surface area (Å²) in [6.07, 6.45) is 3.57. The van der Waals surface area contributed by atoms with E-state index in [1.807, 2.05) is 41.3 Å².